The smallest absolute Gasteiger partial charge is 0.264 e. The largest absolute Gasteiger partial charge is 0.354 e. The van der Waals surface area contributed by atoms with Gasteiger partial charge in [0.1, 0.15) is 12.6 Å². The van der Waals surface area contributed by atoms with Gasteiger partial charge in [-0.05, 0) is 67.6 Å². The molecule has 0 aliphatic carbocycles. The van der Waals surface area contributed by atoms with Crippen LogP contribution in [-0.2, 0) is 26.2 Å². The van der Waals surface area contributed by atoms with E-state index in [1.807, 2.05) is 58.9 Å². The third kappa shape index (κ3) is 7.95. The third-order valence-corrected chi connectivity index (χ3v) is 8.94. The number of anilines is 1. The lowest BCUT2D eigenvalue weighted by Crippen LogP contribution is -2.52. The molecule has 0 fully saturated rings. The lowest BCUT2D eigenvalue weighted by molar-refractivity contribution is -0.140. The van der Waals surface area contributed by atoms with E-state index in [9.17, 15) is 18.0 Å². The molecule has 0 spiro atoms. The molecular formula is C31H38BrN3O4S. The van der Waals surface area contributed by atoms with Gasteiger partial charge in [0.25, 0.3) is 10.0 Å². The van der Waals surface area contributed by atoms with Gasteiger partial charge in [0.15, 0.2) is 0 Å². The highest BCUT2D eigenvalue weighted by atomic mass is 79.9. The number of halogens is 1. The van der Waals surface area contributed by atoms with Crippen LogP contribution >= 0.6 is 15.9 Å². The van der Waals surface area contributed by atoms with E-state index in [4.69, 9.17) is 0 Å². The summed E-state index contributed by atoms with van der Waals surface area (Å²) >= 11 is 3.42. The Labute approximate surface area is 246 Å². The molecule has 1 N–H and O–H groups in total. The maximum atomic E-state index is 14.1. The van der Waals surface area contributed by atoms with Crippen LogP contribution in [0.3, 0.4) is 0 Å². The van der Waals surface area contributed by atoms with Gasteiger partial charge in [-0.2, -0.15) is 0 Å². The van der Waals surface area contributed by atoms with Crippen LogP contribution in [0.4, 0.5) is 5.69 Å². The van der Waals surface area contributed by atoms with Crippen molar-refractivity contribution >= 4 is 43.5 Å². The van der Waals surface area contributed by atoms with Crippen LogP contribution in [-0.4, -0.2) is 44.3 Å². The average molecular weight is 629 g/mol. The van der Waals surface area contributed by atoms with Gasteiger partial charge in [-0.25, -0.2) is 8.42 Å². The highest BCUT2D eigenvalue weighted by Crippen LogP contribution is 2.27. The van der Waals surface area contributed by atoms with E-state index in [1.54, 1.807) is 48.5 Å². The van der Waals surface area contributed by atoms with Crippen LogP contribution in [0.5, 0.6) is 0 Å². The number of sulfonamides is 1. The van der Waals surface area contributed by atoms with Crippen molar-refractivity contribution in [2.45, 2.75) is 58.5 Å². The van der Waals surface area contributed by atoms with Crippen LogP contribution in [0, 0.1) is 19.8 Å². The average Bonchev–Trinajstić information content (AvgIpc) is 2.91. The van der Waals surface area contributed by atoms with E-state index < -0.39 is 28.5 Å². The molecule has 3 aromatic carbocycles. The zero-order valence-electron chi connectivity index (χ0n) is 23.7. The van der Waals surface area contributed by atoms with Gasteiger partial charge in [0.2, 0.25) is 11.8 Å². The molecular weight excluding hydrogens is 590 g/mol. The number of amides is 2. The van der Waals surface area contributed by atoms with Gasteiger partial charge in [-0.15, -0.1) is 0 Å². The van der Waals surface area contributed by atoms with Gasteiger partial charge >= 0.3 is 0 Å². The molecule has 0 heterocycles. The van der Waals surface area contributed by atoms with Crippen molar-refractivity contribution < 1.29 is 18.0 Å². The number of carbonyl (C=O) groups is 2. The summed E-state index contributed by atoms with van der Waals surface area (Å²) in [6.45, 7) is 9.88. The normalized spacial score (nSPS) is 12.2. The first-order valence-electron chi connectivity index (χ1n) is 13.4. The first kappa shape index (κ1) is 31.4. The Kier molecular flexibility index (Phi) is 10.9. The third-order valence-electron chi connectivity index (χ3n) is 6.66. The molecule has 214 valence electrons. The van der Waals surface area contributed by atoms with E-state index in [1.165, 1.54) is 4.90 Å². The Morgan fingerprint density at radius 2 is 1.62 bits per heavy atom. The number of hydrogen-bond donors (Lipinski definition) is 1. The number of nitrogens with one attached hydrogen (secondary N) is 1. The summed E-state index contributed by atoms with van der Waals surface area (Å²) in [6, 6.07) is 20.3. The van der Waals surface area contributed by atoms with E-state index >= 15 is 0 Å². The van der Waals surface area contributed by atoms with Crippen LogP contribution in [0.25, 0.3) is 0 Å². The topological polar surface area (TPSA) is 86.8 Å². The Morgan fingerprint density at radius 1 is 0.950 bits per heavy atom. The Hall–Kier alpha value is -3.17. The molecule has 9 heteroatoms. The minimum absolute atomic E-state index is 0.0815. The van der Waals surface area contributed by atoms with Crippen molar-refractivity contribution in [2.75, 3.05) is 17.4 Å². The predicted molar refractivity (Wildman–Crippen MR) is 164 cm³/mol. The lowest BCUT2D eigenvalue weighted by Gasteiger charge is -2.33. The van der Waals surface area contributed by atoms with Gasteiger partial charge in [0.05, 0.1) is 10.6 Å². The molecule has 40 heavy (non-hydrogen) atoms. The van der Waals surface area contributed by atoms with Crippen molar-refractivity contribution in [3.8, 4) is 0 Å². The van der Waals surface area contributed by atoms with E-state index in [0.717, 1.165) is 21.0 Å². The van der Waals surface area contributed by atoms with Crippen LogP contribution in [0.15, 0.2) is 82.2 Å². The molecule has 0 bridgehead atoms. The Bertz CT molecular complexity index is 1420. The molecule has 0 aliphatic rings. The first-order valence-corrected chi connectivity index (χ1v) is 15.6. The summed E-state index contributed by atoms with van der Waals surface area (Å²) in [5, 5.41) is 2.95. The fourth-order valence-electron chi connectivity index (χ4n) is 4.31. The SMILES string of the molecule is CC[C@H](C(=O)NCC(C)C)N(Cc1ccccc1C)C(=O)CN(c1cccc(Br)c1)S(=O)(=O)c1ccc(C)cc1. The molecule has 0 aromatic heterocycles. The van der Waals surface area contributed by atoms with Crippen LogP contribution in [0.1, 0.15) is 43.9 Å². The van der Waals surface area contributed by atoms with Gasteiger partial charge in [-0.3, -0.25) is 13.9 Å². The number of benzene rings is 3. The van der Waals surface area contributed by atoms with E-state index in [0.29, 0.717) is 23.1 Å². The van der Waals surface area contributed by atoms with Crippen molar-refractivity contribution in [1.82, 2.24) is 10.2 Å². The monoisotopic (exact) mass is 627 g/mol. The summed E-state index contributed by atoms with van der Waals surface area (Å²) in [4.78, 5) is 29.0. The molecule has 0 aliphatic heterocycles. The first-order chi connectivity index (χ1) is 18.9. The number of carbonyl (C=O) groups excluding carboxylic acids is 2. The maximum absolute atomic E-state index is 14.1. The molecule has 0 unspecified atom stereocenters. The zero-order valence-corrected chi connectivity index (χ0v) is 26.1. The highest BCUT2D eigenvalue weighted by molar-refractivity contribution is 9.10. The number of rotatable bonds is 12. The molecule has 7 nitrogen and oxygen atoms in total. The molecule has 0 radical (unpaired) electrons. The van der Waals surface area contributed by atoms with Crippen LogP contribution < -0.4 is 9.62 Å². The minimum atomic E-state index is -4.11. The number of nitrogens with zero attached hydrogens (tertiary/aromatic N) is 2. The maximum Gasteiger partial charge on any atom is 0.264 e. The molecule has 0 saturated heterocycles. The fraction of sp³-hybridized carbons (Fsp3) is 0.355. The molecule has 0 saturated carbocycles. The molecule has 3 rings (SSSR count). The fourth-order valence-corrected chi connectivity index (χ4v) is 6.10. The minimum Gasteiger partial charge on any atom is -0.354 e. The summed E-state index contributed by atoms with van der Waals surface area (Å²) in [7, 11) is -4.11. The van der Waals surface area contributed by atoms with Crippen molar-refractivity contribution in [3.05, 3.63) is 94.0 Å². The van der Waals surface area contributed by atoms with Gasteiger partial charge < -0.3 is 10.2 Å². The predicted octanol–water partition coefficient (Wildman–Crippen LogP) is 5.84. The highest BCUT2D eigenvalue weighted by Gasteiger charge is 2.34. The molecule has 2 amide bonds. The number of hydrogen-bond acceptors (Lipinski definition) is 4. The zero-order chi connectivity index (χ0) is 29.4. The quantitative estimate of drug-likeness (QED) is 0.273. The molecule has 3 aromatic rings. The van der Waals surface area contributed by atoms with Crippen molar-refractivity contribution in [1.29, 1.82) is 0 Å². The Morgan fingerprint density at radius 3 is 2.23 bits per heavy atom. The Balaban J connectivity index is 2.06. The molecule has 1 atom stereocenters. The van der Waals surface area contributed by atoms with Crippen molar-refractivity contribution in [2.24, 2.45) is 5.92 Å². The van der Waals surface area contributed by atoms with E-state index in [2.05, 4.69) is 21.2 Å². The van der Waals surface area contributed by atoms with E-state index in [-0.39, 0.29) is 23.3 Å². The summed E-state index contributed by atoms with van der Waals surface area (Å²) in [5.41, 5.74) is 3.14. The van der Waals surface area contributed by atoms with Gasteiger partial charge in [0, 0.05) is 17.6 Å². The summed E-state index contributed by atoms with van der Waals surface area (Å²) in [5.74, 6) is -0.479. The van der Waals surface area contributed by atoms with Crippen molar-refractivity contribution in [3.63, 3.8) is 0 Å². The summed E-state index contributed by atoms with van der Waals surface area (Å²) < 4.78 is 29.7. The summed E-state index contributed by atoms with van der Waals surface area (Å²) in [6.07, 6.45) is 0.378. The van der Waals surface area contributed by atoms with Gasteiger partial charge in [-0.1, -0.05) is 84.7 Å². The number of aryl methyl sites for hydroxylation is 2. The second-order valence-electron chi connectivity index (χ2n) is 10.3. The lowest BCUT2D eigenvalue weighted by atomic mass is 10.1. The standard InChI is InChI=1S/C31H38BrN3O4S/c1-6-29(31(37)33-19-22(2)3)34(20-25-11-8-7-10-24(25)5)30(36)21-35(27-13-9-12-26(32)18-27)40(38,39)28-16-14-23(4)15-17-28/h7-18,22,29H,6,19-21H2,1-5H3,(H,33,37)/t29-/m1/s1. The second kappa shape index (κ2) is 13.9. The second-order valence-corrected chi connectivity index (χ2v) is 13.1. The van der Waals surface area contributed by atoms with Crippen LogP contribution in [0.2, 0.25) is 0 Å².